The molecule has 1 aromatic carbocycles. The van der Waals surface area contributed by atoms with E-state index in [4.69, 9.17) is 10.6 Å². The zero-order valence-corrected chi connectivity index (χ0v) is 10.9. The van der Waals surface area contributed by atoms with Crippen LogP contribution in [0.25, 0.3) is 0 Å². The number of rotatable bonds is 5. The molecular formula is C13H17FN4O. The van der Waals surface area contributed by atoms with Gasteiger partial charge in [0.2, 0.25) is 0 Å². The van der Waals surface area contributed by atoms with Crippen molar-refractivity contribution in [3.63, 3.8) is 0 Å². The number of hydrazine groups is 1. The number of benzene rings is 1. The van der Waals surface area contributed by atoms with Crippen LogP contribution in [0.2, 0.25) is 0 Å². The van der Waals surface area contributed by atoms with E-state index in [1.54, 1.807) is 18.3 Å². The quantitative estimate of drug-likeness (QED) is 0.631. The second kappa shape index (κ2) is 5.81. The third-order valence-electron chi connectivity index (χ3n) is 3.09. The zero-order chi connectivity index (χ0) is 13.8. The van der Waals surface area contributed by atoms with E-state index in [2.05, 4.69) is 10.4 Å². The first-order valence-corrected chi connectivity index (χ1v) is 5.91. The molecular weight excluding hydrogens is 247 g/mol. The van der Waals surface area contributed by atoms with E-state index in [1.807, 2.05) is 17.8 Å². The summed E-state index contributed by atoms with van der Waals surface area (Å²) >= 11 is 0. The normalized spacial score (nSPS) is 12.4. The molecule has 0 bridgehead atoms. The van der Waals surface area contributed by atoms with Gasteiger partial charge in [0.05, 0.1) is 13.2 Å². The van der Waals surface area contributed by atoms with Crippen LogP contribution in [0.4, 0.5) is 4.39 Å². The first-order chi connectivity index (χ1) is 9.15. The summed E-state index contributed by atoms with van der Waals surface area (Å²) in [5, 5.41) is 0. The molecule has 0 amide bonds. The molecule has 1 heterocycles. The number of hydrogen-bond acceptors (Lipinski definition) is 4. The lowest BCUT2D eigenvalue weighted by molar-refractivity contribution is 0.384. The highest BCUT2D eigenvalue weighted by Crippen LogP contribution is 2.24. The van der Waals surface area contributed by atoms with Crippen molar-refractivity contribution in [1.29, 1.82) is 0 Å². The predicted molar refractivity (Wildman–Crippen MR) is 69.9 cm³/mol. The third kappa shape index (κ3) is 2.91. The molecule has 3 N–H and O–H groups in total. The van der Waals surface area contributed by atoms with Gasteiger partial charge in [-0.2, -0.15) is 0 Å². The monoisotopic (exact) mass is 264 g/mol. The topological polar surface area (TPSA) is 65.1 Å². The van der Waals surface area contributed by atoms with Crippen LogP contribution in [-0.2, 0) is 13.5 Å². The minimum absolute atomic E-state index is 0.157. The van der Waals surface area contributed by atoms with Crippen LogP contribution in [0.1, 0.15) is 17.4 Å². The molecule has 1 atom stereocenters. The number of nitrogens with one attached hydrogen (secondary N) is 1. The Balaban J connectivity index is 2.24. The van der Waals surface area contributed by atoms with E-state index in [0.29, 0.717) is 6.42 Å². The Hall–Kier alpha value is -1.92. The molecule has 0 saturated carbocycles. The Bertz CT molecular complexity index is 555. The van der Waals surface area contributed by atoms with E-state index in [0.717, 1.165) is 11.4 Å². The second-order valence-electron chi connectivity index (χ2n) is 4.27. The van der Waals surface area contributed by atoms with Gasteiger partial charge in [0.15, 0.2) is 11.6 Å². The molecule has 0 radical (unpaired) electrons. The maximum atomic E-state index is 13.4. The van der Waals surface area contributed by atoms with Gasteiger partial charge in [-0.25, -0.2) is 9.37 Å². The Morgan fingerprint density at radius 1 is 1.53 bits per heavy atom. The van der Waals surface area contributed by atoms with Crippen molar-refractivity contribution < 1.29 is 9.13 Å². The Morgan fingerprint density at radius 3 is 2.89 bits per heavy atom. The summed E-state index contributed by atoms with van der Waals surface area (Å²) in [6, 6.07) is 4.54. The number of methoxy groups -OCH3 is 1. The van der Waals surface area contributed by atoms with Crippen LogP contribution in [0.5, 0.6) is 5.75 Å². The van der Waals surface area contributed by atoms with E-state index in [-0.39, 0.29) is 17.6 Å². The number of nitrogens with two attached hydrogens (primary N) is 1. The maximum Gasteiger partial charge on any atom is 0.165 e. The molecule has 1 unspecified atom stereocenters. The van der Waals surface area contributed by atoms with Gasteiger partial charge in [0.1, 0.15) is 5.82 Å². The molecule has 0 aliphatic carbocycles. The summed E-state index contributed by atoms with van der Waals surface area (Å²) in [6.07, 6.45) is 4.21. The van der Waals surface area contributed by atoms with Gasteiger partial charge in [0, 0.05) is 25.9 Å². The van der Waals surface area contributed by atoms with Gasteiger partial charge >= 0.3 is 0 Å². The van der Waals surface area contributed by atoms with Crippen molar-refractivity contribution in [3.8, 4) is 5.75 Å². The molecule has 102 valence electrons. The highest BCUT2D eigenvalue weighted by atomic mass is 19.1. The molecule has 0 aliphatic rings. The van der Waals surface area contributed by atoms with Crippen LogP contribution in [0.3, 0.4) is 0 Å². The van der Waals surface area contributed by atoms with E-state index in [9.17, 15) is 4.39 Å². The van der Waals surface area contributed by atoms with Crippen molar-refractivity contribution in [2.45, 2.75) is 12.5 Å². The molecule has 6 heteroatoms. The second-order valence-corrected chi connectivity index (χ2v) is 4.27. The first kappa shape index (κ1) is 13.5. The summed E-state index contributed by atoms with van der Waals surface area (Å²) in [5.74, 6) is 6.29. The first-order valence-electron chi connectivity index (χ1n) is 5.91. The number of imidazole rings is 1. The number of hydrogen-bond donors (Lipinski definition) is 2. The lowest BCUT2D eigenvalue weighted by atomic mass is 10.0. The van der Waals surface area contributed by atoms with Crippen LogP contribution >= 0.6 is 0 Å². The van der Waals surface area contributed by atoms with Crippen LogP contribution in [-0.4, -0.2) is 16.7 Å². The Morgan fingerprint density at radius 2 is 2.32 bits per heavy atom. The van der Waals surface area contributed by atoms with Crippen molar-refractivity contribution in [3.05, 3.63) is 47.8 Å². The largest absolute Gasteiger partial charge is 0.494 e. The molecule has 0 spiro atoms. The van der Waals surface area contributed by atoms with Crippen molar-refractivity contribution in [2.24, 2.45) is 12.9 Å². The number of nitrogens with zero attached hydrogens (tertiary/aromatic N) is 2. The molecule has 1 aromatic heterocycles. The minimum atomic E-state index is -0.390. The molecule has 19 heavy (non-hydrogen) atoms. The van der Waals surface area contributed by atoms with E-state index >= 15 is 0 Å². The summed E-state index contributed by atoms with van der Waals surface area (Å²) in [4.78, 5) is 4.25. The maximum absolute atomic E-state index is 13.4. The van der Waals surface area contributed by atoms with Crippen LogP contribution in [0, 0.1) is 5.82 Å². The van der Waals surface area contributed by atoms with Crippen LogP contribution in [0.15, 0.2) is 30.6 Å². The molecule has 5 nitrogen and oxygen atoms in total. The highest BCUT2D eigenvalue weighted by Gasteiger charge is 2.15. The number of ether oxygens (including phenoxy) is 1. The predicted octanol–water partition coefficient (Wildman–Crippen LogP) is 1.31. The minimum Gasteiger partial charge on any atom is -0.494 e. The average Bonchev–Trinajstić information content (AvgIpc) is 2.82. The molecule has 0 saturated heterocycles. The third-order valence-corrected chi connectivity index (χ3v) is 3.09. The van der Waals surface area contributed by atoms with Gasteiger partial charge in [-0.15, -0.1) is 0 Å². The number of aromatic nitrogens is 2. The van der Waals surface area contributed by atoms with Gasteiger partial charge in [0.25, 0.3) is 0 Å². The van der Waals surface area contributed by atoms with Gasteiger partial charge in [-0.3, -0.25) is 11.3 Å². The fraction of sp³-hybridized carbons (Fsp3) is 0.308. The summed E-state index contributed by atoms with van der Waals surface area (Å²) in [6.45, 7) is 0. The van der Waals surface area contributed by atoms with Gasteiger partial charge < -0.3 is 9.30 Å². The van der Waals surface area contributed by atoms with Crippen molar-refractivity contribution in [2.75, 3.05) is 7.11 Å². The SMILES string of the molecule is COc1cc(C(Cc2nccn2C)NN)ccc1F. The van der Waals surface area contributed by atoms with Gasteiger partial charge in [-0.1, -0.05) is 6.07 Å². The lowest BCUT2D eigenvalue weighted by Crippen LogP contribution is -2.30. The van der Waals surface area contributed by atoms with E-state index < -0.39 is 0 Å². The highest BCUT2D eigenvalue weighted by molar-refractivity contribution is 5.32. The Labute approximate surface area is 111 Å². The number of aryl methyl sites for hydroxylation is 1. The summed E-state index contributed by atoms with van der Waals surface area (Å²) in [5.41, 5.74) is 3.57. The summed E-state index contributed by atoms with van der Waals surface area (Å²) < 4.78 is 20.3. The standard InChI is InChI=1S/C13H17FN4O/c1-18-6-5-16-13(18)8-11(17-15)9-3-4-10(14)12(7-9)19-2/h3-7,11,17H,8,15H2,1-2H3. The van der Waals surface area contributed by atoms with Crippen LogP contribution < -0.4 is 16.0 Å². The fourth-order valence-electron chi connectivity index (χ4n) is 1.94. The molecule has 0 aliphatic heterocycles. The van der Waals surface area contributed by atoms with E-state index in [1.165, 1.54) is 13.2 Å². The van der Waals surface area contributed by atoms with Crippen molar-refractivity contribution in [1.82, 2.24) is 15.0 Å². The van der Waals surface area contributed by atoms with Crippen molar-refractivity contribution >= 4 is 0 Å². The average molecular weight is 264 g/mol. The molecule has 2 rings (SSSR count). The molecule has 0 fully saturated rings. The number of halogens is 1. The molecule has 2 aromatic rings. The lowest BCUT2D eigenvalue weighted by Gasteiger charge is -2.17. The smallest absolute Gasteiger partial charge is 0.165 e. The van der Waals surface area contributed by atoms with Gasteiger partial charge in [-0.05, 0) is 17.7 Å². The summed E-state index contributed by atoms with van der Waals surface area (Å²) in [7, 11) is 3.35. The zero-order valence-electron chi connectivity index (χ0n) is 10.9. The fourth-order valence-corrected chi connectivity index (χ4v) is 1.94. The Kier molecular flexibility index (Phi) is 4.13.